The van der Waals surface area contributed by atoms with Gasteiger partial charge in [-0.25, -0.2) is 0 Å². The third-order valence-electron chi connectivity index (χ3n) is 2.04. The lowest BCUT2D eigenvalue weighted by Gasteiger charge is -2.40. The largest absolute Gasteiger partial charge is 0.387 e. The summed E-state index contributed by atoms with van der Waals surface area (Å²) in [4.78, 5) is 0. The van der Waals surface area contributed by atoms with Crippen LogP contribution in [-0.2, 0) is 4.74 Å². The molecular formula is C7H14O4. The summed E-state index contributed by atoms with van der Waals surface area (Å²) in [5, 5.41) is 27.9. The molecule has 1 aliphatic rings. The second kappa shape index (κ2) is 2.71. The monoisotopic (exact) mass is 162 g/mol. The van der Waals surface area contributed by atoms with Crippen LogP contribution in [0.1, 0.15) is 20.3 Å². The lowest BCUT2D eigenvalue weighted by atomic mass is 9.89. The first-order valence-corrected chi connectivity index (χ1v) is 3.67. The Hall–Kier alpha value is -0.160. The quantitative estimate of drug-likeness (QED) is 0.437. The number of hydrogen-bond donors (Lipinski definition) is 3. The van der Waals surface area contributed by atoms with Gasteiger partial charge in [0.1, 0.15) is 6.10 Å². The molecule has 0 spiro atoms. The Balaban J connectivity index is 2.67. The van der Waals surface area contributed by atoms with Crippen LogP contribution in [0.5, 0.6) is 0 Å². The van der Waals surface area contributed by atoms with Crippen LogP contribution < -0.4 is 0 Å². The first kappa shape index (κ1) is 8.93. The maximum atomic E-state index is 9.49. The summed E-state index contributed by atoms with van der Waals surface area (Å²) in [6, 6.07) is 0. The Bertz CT molecular complexity index is 145. The molecule has 1 aliphatic heterocycles. The minimum atomic E-state index is -1.24. The molecule has 0 radical (unpaired) electrons. The van der Waals surface area contributed by atoms with Crippen LogP contribution in [0.4, 0.5) is 0 Å². The molecule has 0 aromatic heterocycles. The Labute approximate surface area is 65.4 Å². The summed E-state index contributed by atoms with van der Waals surface area (Å²) in [7, 11) is 0. The molecule has 0 bridgehead atoms. The Morgan fingerprint density at radius 3 is 2.45 bits per heavy atom. The predicted molar refractivity (Wildman–Crippen MR) is 37.8 cm³/mol. The van der Waals surface area contributed by atoms with Crippen molar-refractivity contribution in [3.05, 3.63) is 0 Å². The van der Waals surface area contributed by atoms with Gasteiger partial charge >= 0.3 is 0 Å². The van der Waals surface area contributed by atoms with Crippen LogP contribution in [0.2, 0.25) is 0 Å². The fraction of sp³-hybridized carbons (Fsp3) is 1.00. The van der Waals surface area contributed by atoms with Gasteiger partial charge in [0.05, 0.1) is 11.7 Å². The summed E-state index contributed by atoms with van der Waals surface area (Å²) < 4.78 is 4.88. The van der Waals surface area contributed by atoms with Gasteiger partial charge in [0, 0.05) is 6.42 Å². The average Bonchev–Trinajstić information content (AvgIpc) is 1.81. The van der Waals surface area contributed by atoms with Crippen molar-refractivity contribution < 1.29 is 20.1 Å². The maximum Gasteiger partial charge on any atom is 0.157 e. The molecule has 1 saturated heterocycles. The van der Waals surface area contributed by atoms with E-state index in [1.165, 1.54) is 6.92 Å². The van der Waals surface area contributed by atoms with E-state index in [9.17, 15) is 10.2 Å². The zero-order chi connectivity index (χ0) is 8.65. The van der Waals surface area contributed by atoms with Crippen molar-refractivity contribution in [2.75, 3.05) is 0 Å². The van der Waals surface area contributed by atoms with Crippen molar-refractivity contribution >= 4 is 0 Å². The van der Waals surface area contributed by atoms with E-state index in [0.717, 1.165) is 0 Å². The molecule has 11 heavy (non-hydrogen) atoms. The van der Waals surface area contributed by atoms with Gasteiger partial charge in [0.25, 0.3) is 0 Å². The standard InChI is InChI=1S/C7H14O4/c1-4-6(9)7(2,10)3-5(8)11-4/h4-6,8-10H,3H2,1-2H3/t4-,5?,6-,7+/m1/s1. The second-order valence-electron chi connectivity index (χ2n) is 3.30. The van der Waals surface area contributed by atoms with Crippen LogP contribution in [0, 0.1) is 0 Å². The summed E-state index contributed by atoms with van der Waals surface area (Å²) >= 11 is 0. The van der Waals surface area contributed by atoms with Crippen LogP contribution in [0.3, 0.4) is 0 Å². The third-order valence-corrected chi connectivity index (χ3v) is 2.04. The van der Waals surface area contributed by atoms with Crippen LogP contribution in [0.15, 0.2) is 0 Å². The van der Waals surface area contributed by atoms with Gasteiger partial charge in [0.2, 0.25) is 0 Å². The second-order valence-corrected chi connectivity index (χ2v) is 3.30. The predicted octanol–water partition coefficient (Wildman–Crippen LogP) is -0.775. The van der Waals surface area contributed by atoms with Gasteiger partial charge in [-0.2, -0.15) is 0 Å². The molecule has 1 fully saturated rings. The molecule has 66 valence electrons. The minimum Gasteiger partial charge on any atom is -0.387 e. The van der Waals surface area contributed by atoms with Crippen molar-refractivity contribution in [3.63, 3.8) is 0 Å². The molecule has 0 aliphatic carbocycles. The van der Waals surface area contributed by atoms with Crippen LogP contribution in [-0.4, -0.2) is 39.4 Å². The molecular weight excluding hydrogens is 148 g/mol. The van der Waals surface area contributed by atoms with Crippen molar-refractivity contribution in [2.45, 2.75) is 44.4 Å². The fourth-order valence-electron chi connectivity index (χ4n) is 1.35. The van der Waals surface area contributed by atoms with E-state index in [-0.39, 0.29) is 6.42 Å². The Kier molecular flexibility index (Phi) is 2.20. The number of ether oxygens (including phenoxy) is 1. The first-order valence-electron chi connectivity index (χ1n) is 3.67. The topological polar surface area (TPSA) is 69.9 Å². The molecule has 0 aromatic rings. The lowest BCUT2D eigenvalue weighted by Crippen LogP contribution is -2.54. The number of aliphatic hydroxyl groups excluding tert-OH is 2. The zero-order valence-electron chi connectivity index (χ0n) is 6.69. The molecule has 3 N–H and O–H groups in total. The molecule has 4 atom stereocenters. The highest BCUT2D eigenvalue weighted by Crippen LogP contribution is 2.27. The molecule has 1 rings (SSSR count). The van der Waals surface area contributed by atoms with Crippen LogP contribution >= 0.6 is 0 Å². The highest BCUT2D eigenvalue weighted by Gasteiger charge is 2.42. The SMILES string of the molecule is C[C@H]1OC(O)C[C@](C)(O)[C@@H]1O. The fourth-order valence-corrected chi connectivity index (χ4v) is 1.35. The number of hydrogen-bond acceptors (Lipinski definition) is 4. The summed E-state index contributed by atoms with van der Waals surface area (Å²) in [6.45, 7) is 3.10. The van der Waals surface area contributed by atoms with E-state index in [1.807, 2.05) is 0 Å². The normalized spacial score (nSPS) is 52.6. The van der Waals surface area contributed by atoms with Crippen molar-refractivity contribution in [2.24, 2.45) is 0 Å². The third kappa shape index (κ3) is 1.70. The Morgan fingerprint density at radius 2 is 2.00 bits per heavy atom. The first-order chi connectivity index (χ1) is 4.93. The van der Waals surface area contributed by atoms with Gasteiger partial charge in [0.15, 0.2) is 6.29 Å². The smallest absolute Gasteiger partial charge is 0.157 e. The van der Waals surface area contributed by atoms with E-state index in [2.05, 4.69) is 0 Å². The molecule has 1 unspecified atom stereocenters. The lowest BCUT2D eigenvalue weighted by molar-refractivity contribution is -0.256. The molecule has 4 nitrogen and oxygen atoms in total. The molecule has 0 aromatic carbocycles. The van der Waals surface area contributed by atoms with Gasteiger partial charge in [-0.1, -0.05) is 0 Å². The minimum absolute atomic E-state index is 0.0541. The Morgan fingerprint density at radius 1 is 1.45 bits per heavy atom. The molecule has 0 amide bonds. The summed E-state index contributed by atoms with van der Waals surface area (Å²) in [6.07, 6.45) is -2.36. The van der Waals surface area contributed by atoms with Crippen molar-refractivity contribution in [3.8, 4) is 0 Å². The van der Waals surface area contributed by atoms with Crippen molar-refractivity contribution in [1.29, 1.82) is 0 Å². The molecule has 0 saturated carbocycles. The van der Waals surface area contributed by atoms with E-state index in [1.54, 1.807) is 6.92 Å². The number of rotatable bonds is 0. The van der Waals surface area contributed by atoms with E-state index in [4.69, 9.17) is 9.84 Å². The molecule has 4 heteroatoms. The highest BCUT2D eigenvalue weighted by molar-refractivity contribution is 4.90. The highest BCUT2D eigenvalue weighted by atomic mass is 16.6. The van der Waals surface area contributed by atoms with E-state index >= 15 is 0 Å². The van der Waals surface area contributed by atoms with Crippen LogP contribution in [0.25, 0.3) is 0 Å². The van der Waals surface area contributed by atoms with E-state index < -0.39 is 24.1 Å². The van der Waals surface area contributed by atoms with Gasteiger partial charge in [-0.15, -0.1) is 0 Å². The van der Waals surface area contributed by atoms with Gasteiger partial charge < -0.3 is 20.1 Å². The number of aliphatic hydroxyl groups is 3. The average molecular weight is 162 g/mol. The maximum absolute atomic E-state index is 9.49. The molecule has 1 heterocycles. The van der Waals surface area contributed by atoms with Gasteiger partial charge in [-0.3, -0.25) is 0 Å². The van der Waals surface area contributed by atoms with E-state index in [0.29, 0.717) is 0 Å². The van der Waals surface area contributed by atoms with Crippen molar-refractivity contribution in [1.82, 2.24) is 0 Å². The zero-order valence-corrected chi connectivity index (χ0v) is 6.69. The summed E-state index contributed by atoms with van der Waals surface area (Å²) in [5.74, 6) is 0. The van der Waals surface area contributed by atoms with Gasteiger partial charge in [-0.05, 0) is 13.8 Å². The summed E-state index contributed by atoms with van der Waals surface area (Å²) in [5.41, 5.74) is -1.24.